The molecule has 2 amide bonds. The number of carbonyl (C=O) groups is 2. The van der Waals surface area contributed by atoms with Crippen LogP contribution in [0.4, 0.5) is 24.5 Å². The third kappa shape index (κ3) is 3.79. The molecular formula is C25H23F3N4O2. The van der Waals surface area contributed by atoms with Crippen molar-refractivity contribution in [2.24, 2.45) is 0 Å². The smallest absolute Gasteiger partial charge is 0.359 e. The van der Waals surface area contributed by atoms with Gasteiger partial charge in [-0.3, -0.25) is 14.5 Å². The predicted octanol–water partition coefficient (Wildman–Crippen LogP) is 4.50. The van der Waals surface area contributed by atoms with Gasteiger partial charge in [0, 0.05) is 19.2 Å². The van der Waals surface area contributed by atoms with Gasteiger partial charge in [0.15, 0.2) is 0 Å². The van der Waals surface area contributed by atoms with Gasteiger partial charge in [-0.2, -0.15) is 18.4 Å². The standard InChI is InChI=1S/C25H23F3N4O2/c1-16-31(20-10-7-18(15-29)21(14-20)25(26,27)28)23(34)24(12-3-13-24)32(16)19-8-4-17(5-9-19)6-11-22(33)30-2/h4-5,7-10,14H,1,3,6,11-13H2,2H3,(H,30,33). The molecule has 1 N–H and O–H groups in total. The molecule has 1 saturated carbocycles. The van der Waals surface area contributed by atoms with Gasteiger partial charge in [0.1, 0.15) is 11.4 Å². The van der Waals surface area contributed by atoms with E-state index in [0.29, 0.717) is 31.4 Å². The maximum atomic E-state index is 13.5. The van der Waals surface area contributed by atoms with Crippen LogP contribution in [0.25, 0.3) is 0 Å². The van der Waals surface area contributed by atoms with Crippen LogP contribution in [0.2, 0.25) is 0 Å². The largest absolute Gasteiger partial charge is 0.417 e. The van der Waals surface area contributed by atoms with Gasteiger partial charge in [-0.05, 0) is 61.6 Å². The Morgan fingerprint density at radius 2 is 1.82 bits per heavy atom. The van der Waals surface area contributed by atoms with Crippen molar-refractivity contribution in [3.05, 3.63) is 71.6 Å². The minimum atomic E-state index is -4.73. The number of hydrogen-bond acceptors (Lipinski definition) is 4. The van der Waals surface area contributed by atoms with E-state index in [1.807, 2.05) is 24.3 Å². The highest BCUT2D eigenvalue weighted by Crippen LogP contribution is 2.50. The van der Waals surface area contributed by atoms with E-state index in [2.05, 4.69) is 11.9 Å². The van der Waals surface area contributed by atoms with E-state index in [4.69, 9.17) is 5.26 Å². The fourth-order valence-corrected chi connectivity index (χ4v) is 4.58. The van der Waals surface area contributed by atoms with Crippen LogP contribution in [-0.4, -0.2) is 24.4 Å². The lowest BCUT2D eigenvalue weighted by Crippen LogP contribution is -2.54. The summed E-state index contributed by atoms with van der Waals surface area (Å²) in [6.07, 6.45) is -1.89. The molecule has 4 rings (SSSR count). The van der Waals surface area contributed by atoms with Gasteiger partial charge in [0.25, 0.3) is 5.91 Å². The first-order valence-corrected chi connectivity index (χ1v) is 10.9. The van der Waals surface area contributed by atoms with E-state index >= 15 is 0 Å². The number of nitriles is 1. The van der Waals surface area contributed by atoms with E-state index in [0.717, 1.165) is 24.1 Å². The maximum absolute atomic E-state index is 13.5. The van der Waals surface area contributed by atoms with E-state index in [9.17, 15) is 22.8 Å². The fraction of sp³-hybridized carbons (Fsp3) is 0.320. The Morgan fingerprint density at radius 1 is 1.18 bits per heavy atom. The first-order chi connectivity index (χ1) is 16.1. The summed E-state index contributed by atoms with van der Waals surface area (Å²) in [6.45, 7) is 4.06. The van der Waals surface area contributed by atoms with Crippen LogP contribution in [0.5, 0.6) is 0 Å². The number of aryl methyl sites for hydroxylation is 1. The molecule has 34 heavy (non-hydrogen) atoms. The first-order valence-electron chi connectivity index (χ1n) is 10.9. The summed E-state index contributed by atoms with van der Waals surface area (Å²) in [6, 6.07) is 12.2. The molecule has 176 valence electrons. The average molecular weight is 468 g/mol. The Kier molecular flexibility index (Phi) is 5.86. The van der Waals surface area contributed by atoms with Crippen LogP contribution >= 0.6 is 0 Å². The molecule has 0 aromatic heterocycles. The van der Waals surface area contributed by atoms with Crippen LogP contribution in [0, 0.1) is 11.3 Å². The molecule has 6 nitrogen and oxygen atoms in total. The number of alkyl halides is 3. The zero-order chi connectivity index (χ0) is 24.7. The summed E-state index contributed by atoms with van der Waals surface area (Å²) >= 11 is 0. The molecule has 2 aromatic rings. The van der Waals surface area contributed by atoms with Crippen molar-refractivity contribution >= 4 is 23.2 Å². The molecule has 0 bridgehead atoms. The summed E-state index contributed by atoms with van der Waals surface area (Å²) < 4.78 is 40.6. The lowest BCUT2D eigenvalue weighted by molar-refractivity contribution is -0.137. The zero-order valence-electron chi connectivity index (χ0n) is 18.6. The minimum absolute atomic E-state index is 0.0253. The number of carbonyl (C=O) groups excluding carboxylic acids is 2. The fourth-order valence-electron chi connectivity index (χ4n) is 4.58. The molecule has 0 atom stereocenters. The van der Waals surface area contributed by atoms with Crippen molar-refractivity contribution in [1.29, 1.82) is 5.26 Å². The molecule has 2 aliphatic rings. The number of halogens is 3. The van der Waals surface area contributed by atoms with Gasteiger partial charge in [0.05, 0.1) is 22.9 Å². The van der Waals surface area contributed by atoms with Crippen LogP contribution < -0.4 is 15.1 Å². The highest BCUT2D eigenvalue weighted by molar-refractivity contribution is 6.11. The minimum Gasteiger partial charge on any atom is -0.359 e. The Hall–Kier alpha value is -3.80. The lowest BCUT2D eigenvalue weighted by Gasteiger charge is -2.43. The quantitative estimate of drug-likeness (QED) is 0.701. The van der Waals surface area contributed by atoms with Crippen molar-refractivity contribution in [2.75, 3.05) is 16.8 Å². The Labute approximate surface area is 195 Å². The molecule has 1 aliphatic heterocycles. The zero-order valence-corrected chi connectivity index (χ0v) is 18.6. The Bertz CT molecular complexity index is 1190. The SMILES string of the molecule is C=C1N(c2ccc(C#N)c(C(F)(F)F)c2)C(=O)C2(CCC2)N1c1ccc(CCC(=O)NC)cc1. The molecule has 1 spiro atoms. The summed E-state index contributed by atoms with van der Waals surface area (Å²) in [5, 5.41) is 11.7. The number of nitrogens with one attached hydrogen (secondary N) is 1. The summed E-state index contributed by atoms with van der Waals surface area (Å²) in [5.74, 6) is -0.127. The highest BCUT2D eigenvalue weighted by Gasteiger charge is 2.58. The van der Waals surface area contributed by atoms with E-state index < -0.39 is 22.8 Å². The second-order valence-corrected chi connectivity index (χ2v) is 8.46. The molecular weight excluding hydrogens is 445 g/mol. The van der Waals surface area contributed by atoms with Crippen molar-refractivity contribution < 1.29 is 22.8 Å². The van der Waals surface area contributed by atoms with E-state index in [1.165, 1.54) is 11.0 Å². The van der Waals surface area contributed by atoms with Crippen molar-refractivity contribution in [1.82, 2.24) is 5.32 Å². The molecule has 9 heteroatoms. The number of benzene rings is 2. The van der Waals surface area contributed by atoms with Gasteiger partial charge in [-0.25, -0.2) is 0 Å². The van der Waals surface area contributed by atoms with Crippen molar-refractivity contribution in [3.8, 4) is 6.07 Å². The first kappa shape index (κ1) is 23.4. The van der Waals surface area contributed by atoms with Crippen molar-refractivity contribution in [3.63, 3.8) is 0 Å². The summed E-state index contributed by atoms with van der Waals surface area (Å²) in [5.41, 5.74) is -0.811. The van der Waals surface area contributed by atoms with E-state index in [-0.39, 0.29) is 23.3 Å². The maximum Gasteiger partial charge on any atom is 0.417 e. The molecule has 2 aromatic carbocycles. The summed E-state index contributed by atoms with van der Waals surface area (Å²) in [7, 11) is 1.58. The van der Waals surface area contributed by atoms with Crippen LogP contribution in [-0.2, 0) is 22.2 Å². The molecule has 0 radical (unpaired) electrons. The average Bonchev–Trinajstić information content (AvgIpc) is 3.03. The van der Waals surface area contributed by atoms with Gasteiger partial charge in [0.2, 0.25) is 5.91 Å². The number of nitrogens with zero attached hydrogens (tertiary/aromatic N) is 3. The molecule has 2 fully saturated rings. The number of rotatable bonds is 5. The van der Waals surface area contributed by atoms with Crippen LogP contribution in [0.3, 0.4) is 0 Å². The monoisotopic (exact) mass is 468 g/mol. The molecule has 0 unspecified atom stereocenters. The third-order valence-corrected chi connectivity index (χ3v) is 6.53. The molecule has 1 heterocycles. The van der Waals surface area contributed by atoms with Crippen LogP contribution in [0.15, 0.2) is 54.9 Å². The lowest BCUT2D eigenvalue weighted by atomic mass is 9.75. The number of hydrogen-bond donors (Lipinski definition) is 1. The van der Waals surface area contributed by atoms with E-state index in [1.54, 1.807) is 18.0 Å². The second kappa shape index (κ2) is 8.52. The predicted molar refractivity (Wildman–Crippen MR) is 121 cm³/mol. The Morgan fingerprint density at radius 3 is 2.35 bits per heavy atom. The summed E-state index contributed by atoms with van der Waals surface area (Å²) in [4.78, 5) is 28.1. The van der Waals surface area contributed by atoms with Gasteiger partial charge >= 0.3 is 6.18 Å². The normalized spacial score (nSPS) is 17.0. The van der Waals surface area contributed by atoms with Crippen molar-refractivity contribution in [2.45, 2.75) is 43.8 Å². The topological polar surface area (TPSA) is 76.4 Å². The second-order valence-electron chi connectivity index (χ2n) is 8.46. The van der Waals surface area contributed by atoms with Gasteiger partial charge in [-0.15, -0.1) is 0 Å². The Balaban J connectivity index is 1.68. The van der Waals surface area contributed by atoms with Crippen LogP contribution in [0.1, 0.15) is 42.4 Å². The van der Waals surface area contributed by atoms with Gasteiger partial charge < -0.3 is 10.2 Å². The van der Waals surface area contributed by atoms with Gasteiger partial charge in [-0.1, -0.05) is 18.7 Å². The number of amides is 2. The molecule has 1 saturated heterocycles. The number of anilines is 2. The highest BCUT2D eigenvalue weighted by atomic mass is 19.4. The third-order valence-electron chi connectivity index (χ3n) is 6.53. The molecule has 1 aliphatic carbocycles.